The van der Waals surface area contributed by atoms with Gasteiger partial charge < -0.3 is 10.1 Å². The Balaban J connectivity index is 1.81. The Labute approximate surface area is 160 Å². The van der Waals surface area contributed by atoms with Crippen molar-refractivity contribution in [1.29, 1.82) is 0 Å². The number of nitrogens with one attached hydrogen (secondary N) is 1. The van der Waals surface area contributed by atoms with Crippen molar-refractivity contribution in [3.8, 4) is 0 Å². The zero-order chi connectivity index (χ0) is 20.1. The predicted molar refractivity (Wildman–Crippen MR) is 102 cm³/mol. The van der Waals surface area contributed by atoms with E-state index in [1.165, 1.54) is 25.3 Å². The van der Waals surface area contributed by atoms with Crippen LogP contribution >= 0.6 is 0 Å². The lowest BCUT2D eigenvalue weighted by Crippen LogP contribution is -2.43. The lowest BCUT2D eigenvalue weighted by atomic mass is 10.1. The molecule has 8 nitrogen and oxygen atoms in total. The molecule has 0 saturated heterocycles. The van der Waals surface area contributed by atoms with Crippen molar-refractivity contribution in [3.05, 3.63) is 82.0 Å². The molecule has 3 rings (SSSR count). The number of nitro benzene ring substituents is 1. The molecule has 1 aromatic heterocycles. The number of fused-ring (bicyclic) bond motifs is 1. The number of hydrogen-bond donors (Lipinski definition) is 1. The van der Waals surface area contributed by atoms with Gasteiger partial charge in [0.1, 0.15) is 6.04 Å². The Kier molecular flexibility index (Phi) is 5.59. The normalized spacial score (nSPS) is 11.6. The van der Waals surface area contributed by atoms with Gasteiger partial charge in [0, 0.05) is 35.2 Å². The summed E-state index contributed by atoms with van der Waals surface area (Å²) in [7, 11) is 1.22. The molecule has 1 heterocycles. The van der Waals surface area contributed by atoms with E-state index in [1.54, 1.807) is 6.07 Å². The summed E-state index contributed by atoms with van der Waals surface area (Å²) in [5, 5.41) is 14.4. The topological polar surface area (TPSA) is 111 Å². The number of pyridine rings is 1. The molecule has 0 aliphatic rings. The highest BCUT2D eigenvalue weighted by atomic mass is 16.6. The lowest BCUT2D eigenvalue weighted by molar-refractivity contribution is -0.384. The Morgan fingerprint density at radius 1 is 1.14 bits per heavy atom. The Morgan fingerprint density at radius 3 is 2.68 bits per heavy atom. The second kappa shape index (κ2) is 8.26. The number of ether oxygens (including phenoxy) is 1. The molecule has 0 unspecified atom stereocenters. The largest absolute Gasteiger partial charge is 0.467 e. The van der Waals surface area contributed by atoms with E-state index >= 15 is 0 Å². The van der Waals surface area contributed by atoms with Crippen LogP contribution in [-0.4, -0.2) is 34.9 Å². The molecule has 0 radical (unpaired) electrons. The predicted octanol–water partition coefficient (Wildman–Crippen LogP) is 2.66. The number of amides is 1. The standard InChI is InChI=1S/C20H17N3O5/c1-28-20(25)18(12-15-10-9-13-5-2-3-8-17(13)21-15)22-19(24)14-6-4-7-16(11-14)23(26)27/h2-11,18H,12H2,1H3,(H,22,24)/t18-/m1/s1. The van der Waals surface area contributed by atoms with E-state index in [9.17, 15) is 19.7 Å². The molecule has 1 amide bonds. The zero-order valence-corrected chi connectivity index (χ0v) is 15.0. The quantitative estimate of drug-likeness (QED) is 0.400. The van der Waals surface area contributed by atoms with Gasteiger partial charge >= 0.3 is 5.97 Å². The van der Waals surface area contributed by atoms with Crippen molar-refractivity contribution < 1.29 is 19.2 Å². The van der Waals surface area contributed by atoms with Crippen LogP contribution in [0.25, 0.3) is 10.9 Å². The third kappa shape index (κ3) is 4.29. The van der Waals surface area contributed by atoms with Crippen LogP contribution in [0.15, 0.2) is 60.7 Å². The highest BCUT2D eigenvalue weighted by Gasteiger charge is 2.24. The summed E-state index contributed by atoms with van der Waals surface area (Å²) in [6.45, 7) is 0. The number of aromatic nitrogens is 1. The minimum absolute atomic E-state index is 0.0783. The van der Waals surface area contributed by atoms with E-state index < -0.39 is 22.8 Å². The molecule has 28 heavy (non-hydrogen) atoms. The molecule has 1 atom stereocenters. The van der Waals surface area contributed by atoms with Crippen LogP contribution in [0.1, 0.15) is 16.1 Å². The number of benzene rings is 2. The van der Waals surface area contributed by atoms with Gasteiger partial charge in [0.25, 0.3) is 11.6 Å². The van der Waals surface area contributed by atoms with E-state index in [4.69, 9.17) is 4.74 Å². The summed E-state index contributed by atoms with van der Waals surface area (Å²) in [4.78, 5) is 39.4. The van der Waals surface area contributed by atoms with Gasteiger partial charge in [0.2, 0.25) is 0 Å². The molecule has 0 aliphatic heterocycles. The number of hydrogen-bond acceptors (Lipinski definition) is 6. The van der Waals surface area contributed by atoms with Gasteiger partial charge in [-0.2, -0.15) is 0 Å². The molecular formula is C20H17N3O5. The third-order valence-corrected chi connectivity index (χ3v) is 4.18. The molecule has 0 aliphatic carbocycles. The first-order valence-corrected chi connectivity index (χ1v) is 8.46. The van der Waals surface area contributed by atoms with Crippen molar-refractivity contribution in [2.45, 2.75) is 12.5 Å². The van der Waals surface area contributed by atoms with Gasteiger partial charge in [-0.05, 0) is 18.2 Å². The highest BCUT2D eigenvalue weighted by molar-refractivity contribution is 5.97. The van der Waals surface area contributed by atoms with Gasteiger partial charge in [-0.15, -0.1) is 0 Å². The molecule has 3 aromatic rings. The highest BCUT2D eigenvalue weighted by Crippen LogP contribution is 2.15. The van der Waals surface area contributed by atoms with Gasteiger partial charge in [-0.3, -0.25) is 19.9 Å². The average Bonchev–Trinajstić information content (AvgIpc) is 2.72. The van der Waals surface area contributed by atoms with E-state index in [0.717, 1.165) is 17.0 Å². The number of esters is 1. The van der Waals surface area contributed by atoms with Crippen molar-refractivity contribution >= 4 is 28.5 Å². The fourth-order valence-electron chi connectivity index (χ4n) is 2.77. The summed E-state index contributed by atoms with van der Waals surface area (Å²) in [5.41, 5.74) is 1.25. The second-order valence-electron chi connectivity index (χ2n) is 6.06. The Hall–Kier alpha value is -3.81. The van der Waals surface area contributed by atoms with E-state index in [0.29, 0.717) is 5.69 Å². The molecule has 8 heteroatoms. The number of non-ortho nitro benzene ring substituents is 1. The van der Waals surface area contributed by atoms with Crippen molar-refractivity contribution in [3.63, 3.8) is 0 Å². The van der Waals surface area contributed by atoms with Crippen LogP contribution in [-0.2, 0) is 16.0 Å². The van der Waals surface area contributed by atoms with Crippen LogP contribution in [0.5, 0.6) is 0 Å². The average molecular weight is 379 g/mol. The maximum Gasteiger partial charge on any atom is 0.328 e. The maximum atomic E-state index is 12.5. The second-order valence-corrected chi connectivity index (χ2v) is 6.06. The van der Waals surface area contributed by atoms with Gasteiger partial charge in [0.15, 0.2) is 0 Å². The number of carbonyl (C=O) groups excluding carboxylic acids is 2. The number of rotatable bonds is 6. The first-order chi connectivity index (χ1) is 13.5. The maximum absolute atomic E-state index is 12.5. The molecule has 0 spiro atoms. The summed E-state index contributed by atoms with van der Waals surface area (Å²) in [6.07, 6.45) is 0.123. The van der Waals surface area contributed by atoms with Gasteiger partial charge in [0.05, 0.1) is 17.5 Å². The number of para-hydroxylation sites is 1. The van der Waals surface area contributed by atoms with Crippen molar-refractivity contribution in [1.82, 2.24) is 10.3 Å². The number of nitrogens with zero attached hydrogens (tertiary/aromatic N) is 2. The van der Waals surface area contributed by atoms with Gasteiger partial charge in [-0.25, -0.2) is 4.79 Å². The van der Waals surface area contributed by atoms with Crippen molar-refractivity contribution in [2.75, 3.05) is 7.11 Å². The number of nitro groups is 1. The fourth-order valence-corrected chi connectivity index (χ4v) is 2.77. The number of carbonyl (C=O) groups is 2. The van der Waals surface area contributed by atoms with Crippen LogP contribution in [0.3, 0.4) is 0 Å². The SMILES string of the molecule is COC(=O)[C@@H](Cc1ccc2ccccc2n1)NC(=O)c1cccc([N+](=O)[O-])c1. The van der Waals surface area contributed by atoms with Crippen LogP contribution in [0.2, 0.25) is 0 Å². The first kappa shape index (κ1) is 19.0. The van der Waals surface area contributed by atoms with Crippen molar-refractivity contribution in [2.24, 2.45) is 0 Å². The molecule has 2 aromatic carbocycles. The first-order valence-electron chi connectivity index (χ1n) is 8.46. The minimum atomic E-state index is -0.981. The summed E-state index contributed by atoms with van der Waals surface area (Å²) in [6, 6.07) is 15.5. The smallest absolute Gasteiger partial charge is 0.328 e. The lowest BCUT2D eigenvalue weighted by Gasteiger charge is -2.16. The van der Waals surface area contributed by atoms with E-state index in [2.05, 4.69) is 10.3 Å². The van der Waals surface area contributed by atoms with E-state index in [1.807, 2.05) is 30.3 Å². The Morgan fingerprint density at radius 2 is 1.93 bits per heavy atom. The number of methoxy groups -OCH3 is 1. The third-order valence-electron chi connectivity index (χ3n) is 4.18. The molecule has 1 N–H and O–H groups in total. The van der Waals surface area contributed by atoms with Crippen LogP contribution in [0, 0.1) is 10.1 Å². The van der Waals surface area contributed by atoms with Crippen LogP contribution < -0.4 is 5.32 Å². The molecule has 142 valence electrons. The van der Waals surface area contributed by atoms with E-state index in [-0.39, 0.29) is 17.7 Å². The van der Waals surface area contributed by atoms with Gasteiger partial charge in [-0.1, -0.05) is 30.3 Å². The molecule has 0 saturated carbocycles. The Bertz CT molecular complexity index is 1050. The monoisotopic (exact) mass is 379 g/mol. The fraction of sp³-hybridized carbons (Fsp3) is 0.150. The summed E-state index contributed by atoms with van der Waals surface area (Å²) in [5.74, 6) is -1.24. The zero-order valence-electron chi connectivity index (χ0n) is 15.0. The minimum Gasteiger partial charge on any atom is -0.467 e. The summed E-state index contributed by atoms with van der Waals surface area (Å²) < 4.78 is 4.78. The molecular weight excluding hydrogens is 362 g/mol. The molecule has 0 bridgehead atoms. The van der Waals surface area contributed by atoms with Crippen LogP contribution in [0.4, 0.5) is 5.69 Å². The molecule has 0 fully saturated rings. The summed E-state index contributed by atoms with van der Waals surface area (Å²) >= 11 is 0.